The summed E-state index contributed by atoms with van der Waals surface area (Å²) in [5.74, 6) is 1.41. The van der Waals surface area contributed by atoms with Crippen molar-refractivity contribution in [3.63, 3.8) is 0 Å². The second-order valence-electron chi connectivity index (χ2n) is 7.27. The number of carbonyl (C=O) groups is 1. The maximum absolute atomic E-state index is 12.8. The van der Waals surface area contributed by atoms with Crippen LogP contribution in [0, 0.1) is 17.2 Å². The van der Waals surface area contributed by atoms with E-state index in [4.69, 9.17) is 0 Å². The monoisotopic (exact) mass is 413 g/mol. The van der Waals surface area contributed by atoms with Crippen molar-refractivity contribution in [1.29, 1.82) is 5.26 Å². The van der Waals surface area contributed by atoms with E-state index in [9.17, 15) is 10.1 Å². The first-order chi connectivity index (χ1) is 13.7. The first-order valence-electron chi connectivity index (χ1n) is 9.57. The van der Waals surface area contributed by atoms with Crippen molar-refractivity contribution in [3.8, 4) is 6.07 Å². The van der Waals surface area contributed by atoms with Crippen LogP contribution in [0.2, 0.25) is 0 Å². The van der Waals surface area contributed by atoms with Gasteiger partial charge in [-0.1, -0.05) is 11.8 Å². The number of piperidine rings is 1. The molecule has 28 heavy (non-hydrogen) atoms. The van der Waals surface area contributed by atoms with E-state index >= 15 is 0 Å². The summed E-state index contributed by atoms with van der Waals surface area (Å²) in [5, 5.41) is 12.2. The van der Waals surface area contributed by atoms with Crippen molar-refractivity contribution in [2.24, 2.45) is 5.92 Å². The average molecular weight is 414 g/mol. The van der Waals surface area contributed by atoms with Crippen LogP contribution in [0.5, 0.6) is 0 Å². The van der Waals surface area contributed by atoms with E-state index in [1.165, 1.54) is 22.2 Å². The summed E-state index contributed by atoms with van der Waals surface area (Å²) >= 11 is 3.28. The predicted molar refractivity (Wildman–Crippen MR) is 112 cm³/mol. The van der Waals surface area contributed by atoms with Gasteiger partial charge >= 0.3 is 0 Å². The van der Waals surface area contributed by atoms with Gasteiger partial charge in [-0.2, -0.15) is 5.26 Å². The van der Waals surface area contributed by atoms with E-state index in [1.54, 1.807) is 17.5 Å². The first kappa shape index (κ1) is 19.2. The third kappa shape index (κ3) is 4.01. The van der Waals surface area contributed by atoms with E-state index in [1.807, 2.05) is 11.2 Å². The quantitative estimate of drug-likeness (QED) is 0.565. The maximum Gasteiger partial charge on any atom is 0.223 e. The van der Waals surface area contributed by atoms with Crippen LogP contribution >= 0.6 is 23.1 Å². The molecule has 0 radical (unpaired) electrons. The highest BCUT2D eigenvalue weighted by atomic mass is 32.2. The number of nitrogens with zero attached hydrogens (tertiary/aromatic N) is 5. The molecule has 2 aliphatic rings. The Kier molecular flexibility index (Phi) is 5.83. The molecule has 0 aromatic carbocycles. The number of nitriles is 1. The number of carbonyl (C=O) groups excluding carboxylic acids is 1. The molecule has 0 unspecified atom stereocenters. The van der Waals surface area contributed by atoms with E-state index in [0.29, 0.717) is 23.1 Å². The zero-order valence-electron chi connectivity index (χ0n) is 15.9. The summed E-state index contributed by atoms with van der Waals surface area (Å²) in [5.41, 5.74) is 1.84. The number of amides is 1. The summed E-state index contributed by atoms with van der Waals surface area (Å²) in [4.78, 5) is 27.1. The lowest BCUT2D eigenvalue weighted by atomic mass is 9.92. The van der Waals surface area contributed by atoms with Gasteiger partial charge in [0.05, 0.1) is 6.20 Å². The lowest BCUT2D eigenvalue weighted by molar-refractivity contribution is -0.133. The van der Waals surface area contributed by atoms with Crippen LogP contribution < -0.4 is 4.90 Å². The molecule has 146 valence electrons. The molecule has 2 aromatic rings. The van der Waals surface area contributed by atoms with Crippen molar-refractivity contribution >= 4 is 34.8 Å². The molecule has 2 aromatic heterocycles. The number of hydrogen-bond donors (Lipinski definition) is 0. The molecule has 8 heteroatoms. The van der Waals surface area contributed by atoms with Gasteiger partial charge in [0.25, 0.3) is 0 Å². The molecule has 1 saturated heterocycles. The third-order valence-electron chi connectivity index (χ3n) is 5.59. The van der Waals surface area contributed by atoms with Crippen LogP contribution in [0.25, 0.3) is 0 Å². The van der Waals surface area contributed by atoms with Crippen molar-refractivity contribution in [2.75, 3.05) is 30.8 Å². The molecule has 6 nitrogen and oxygen atoms in total. The molecule has 0 N–H and O–H groups in total. The highest BCUT2D eigenvalue weighted by molar-refractivity contribution is 7.98. The summed E-state index contributed by atoms with van der Waals surface area (Å²) in [7, 11) is 0. The Morgan fingerprint density at radius 2 is 2.21 bits per heavy atom. The number of thiophene rings is 1. The third-order valence-corrected chi connectivity index (χ3v) is 7.17. The van der Waals surface area contributed by atoms with E-state index in [0.717, 1.165) is 51.3 Å². The normalized spacial score (nSPS) is 17.3. The van der Waals surface area contributed by atoms with Gasteiger partial charge in [0.1, 0.15) is 11.6 Å². The van der Waals surface area contributed by atoms with Gasteiger partial charge in [0.15, 0.2) is 11.0 Å². The summed E-state index contributed by atoms with van der Waals surface area (Å²) in [6, 6.07) is 4.35. The standard InChI is InChI=1S/C20H23N5OS2/c1-27-20-22-12-16(11-21)19(23-20)24-6-2-14(3-7-24)10-18(26)25-8-4-17-15(13-25)5-9-28-17/h5,9,12,14H,2-4,6-8,10,13H2,1H3. The van der Waals surface area contributed by atoms with Crippen molar-refractivity contribution in [3.05, 3.63) is 33.6 Å². The predicted octanol–water partition coefficient (Wildman–Crippen LogP) is 3.32. The topological polar surface area (TPSA) is 73.1 Å². The van der Waals surface area contributed by atoms with Gasteiger partial charge in [-0.3, -0.25) is 4.79 Å². The summed E-state index contributed by atoms with van der Waals surface area (Å²) < 4.78 is 0. The Morgan fingerprint density at radius 1 is 1.39 bits per heavy atom. The second-order valence-corrected chi connectivity index (χ2v) is 9.05. The Hall–Kier alpha value is -2.11. The lowest BCUT2D eigenvalue weighted by Crippen LogP contribution is -2.39. The molecule has 0 spiro atoms. The molecule has 0 atom stereocenters. The van der Waals surface area contributed by atoms with Gasteiger partial charge in [0, 0.05) is 37.5 Å². The molecular weight excluding hydrogens is 390 g/mol. The molecule has 4 rings (SSSR count). The average Bonchev–Trinajstić information content (AvgIpc) is 3.21. The van der Waals surface area contributed by atoms with Gasteiger partial charge in [-0.25, -0.2) is 9.97 Å². The highest BCUT2D eigenvalue weighted by Crippen LogP contribution is 2.29. The number of anilines is 1. The molecule has 1 fully saturated rings. The molecule has 2 aliphatic heterocycles. The SMILES string of the molecule is CSc1ncc(C#N)c(N2CCC(CC(=O)N3CCc4sccc4C3)CC2)n1. The number of aromatic nitrogens is 2. The van der Waals surface area contributed by atoms with Crippen molar-refractivity contribution < 1.29 is 4.79 Å². The minimum Gasteiger partial charge on any atom is -0.355 e. The zero-order valence-corrected chi connectivity index (χ0v) is 17.6. The van der Waals surface area contributed by atoms with Crippen LogP contribution in [0.3, 0.4) is 0 Å². The fraction of sp³-hybridized carbons (Fsp3) is 0.500. The molecular formula is C20H23N5OS2. The minimum absolute atomic E-state index is 0.278. The summed E-state index contributed by atoms with van der Waals surface area (Å²) in [6.07, 6.45) is 7.05. The Labute approximate surface area is 173 Å². The summed E-state index contributed by atoms with van der Waals surface area (Å²) in [6.45, 7) is 3.26. The molecule has 4 heterocycles. The Bertz CT molecular complexity index is 898. The van der Waals surface area contributed by atoms with E-state index in [-0.39, 0.29) is 5.91 Å². The lowest BCUT2D eigenvalue weighted by Gasteiger charge is -2.34. The first-order valence-corrected chi connectivity index (χ1v) is 11.7. The van der Waals surface area contributed by atoms with Crippen molar-refractivity contribution in [1.82, 2.24) is 14.9 Å². The van der Waals surface area contributed by atoms with Crippen LogP contribution in [-0.4, -0.2) is 46.7 Å². The highest BCUT2D eigenvalue weighted by Gasteiger charge is 2.27. The van der Waals surface area contributed by atoms with E-state index < -0.39 is 0 Å². The Morgan fingerprint density at radius 3 is 2.96 bits per heavy atom. The molecule has 1 amide bonds. The Balaban J connectivity index is 1.34. The van der Waals surface area contributed by atoms with Crippen LogP contribution in [0.1, 0.15) is 35.3 Å². The van der Waals surface area contributed by atoms with Crippen LogP contribution in [0.4, 0.5) is 5.82 Å². The largest absolute Gasteiger partial charge is 0.355 e. The second kappa shape index (κ2) is 8.50. The van der Waals surface area contributed by atoms with Gasteiger partial charge < -0.3 is 9.80 Å². The minimum atomic E-state index is 0.278. The number of fused-ring (bicyclic) bond motifs is 1. The number of hydrogen-bond acceptors (Lipinski definition) is 7. The molecule has 0 saturated carbocycles. The molecule has 0 bridgehead atoms. The van der Waals surface area contributed by atoms with E-state index in [2.05, 4.69) is 32.4 Å². The maximum atomic E-state index is 12.8. The number of rotatable bonds is 4. The molecule has 0 aliphatic carbocycles. The fourth-order valence-corrected chi connectivity index (χ4v) is 5.19. The van der Waals surface area contributed by atoms with Gasteiger partial charge in [0.2, 0.25) is 5.91 Å². The zero-order chi connectivity index (χ0) is 19.5. The number of thioether (sulfide) groups is 1. The smallest absolute Gasteiger partial charge is 0.223 e. The van der Waals surface area contributed by atoms with Gasteiger partial charge in [-0.05, 0) is 48.4 Å². The van der Waals surface area contributed by atoms with Crippen LogP contribution in [-0.2, 0) is 17.8 Å². The van der Waals surface area contributed by atoms with Gasteiger partial charge in [-0.15, -0.1) is 11.3 Å². The van der Waals surface area contributed by atoms with Crippen LogP contribution in [0.15, 0.2) is 22.8 Å². The fourth-order valence-electron chi connectivity index (χ4n) is 3.96. The van der Waals surface area contributed by atoms with Crippen molar-refractivity contribution in [2.45, 2.75) is 37.4 Å².